The van der Waals surface area contributed by atoms with Crippen LogP contribution in [0.15, 0.2) is 47.5 Å². The van der Waals surface area contributed by atoms with Crippen LogP contribution in [0.3, 0.4) is 0 Å². The standard InChI is InChI=1S/C24H28N4O2/c1-14-4-9-19(10-5-14)26-21-12-15(2)28(16(3)29)22-11-8-18(13-20(21)22)23(25)27-24(30)17-6-7-17/h4-5,8-11,13,15,17,21,26H,6-7,12H2,1-3H3,(H2,25,27,30). The van der Waals surface area contributed by atoms with Crippen LogP contribution in [-0.2, 0) is 9.59 Å². The number of rotatable bonds is 4. The van der Waals surface area contributed by atoms with Gasteiger partial charge in [0.15, 0.2) is 0 Å². The Hall–Kier alpha value is -3.15. The van der Waals surface area contributed by atoms with Gasteiger partial charge in [-0.15, -0.1) is 0 Å². The monoisotopic (exact) mass is 404 g/mol. The van der Waals surface area contributed by atoms with Crippen molar-refractivity contribution in [2.24, 2.45) is 16.6 Å². The molecule has 0 radical (unpaired) electrons. The van der Waals surface area contributed by atoms with E-state index in [1.165, 1.54) is 5.56 Å². The largest absolute Gasteiger partial charge is 0.383 e. The zero-order valence-electron chi connectivity index (χ0n) is 17.7. The molecule has 0 aromatic heterocycles. The van der Waals surface area contributed by atoms with Gasteiger partial charge in [-0.1, -0.05) is 17.7 Å². The van der Waals surface area contributed by atoms with Crippen LogP contribution in [0.25, 0.3) is 0 Å². The van der Waals surface area contributed by atoms with Crippen molar-refractivity contribution in [3.63, 3.8) is 0 Å². The van der Waals surface area contributed by atoms with Crippen molar-refractivity contribution < 1.29 is 9.59 Å². The van der Waals surface area contributed by atoms with Crippen molar-refractivity contribution in [2.75, 3.05) is 10.2 Å². The Balaban J connectivity index is 1.71. The number of amidine groups is 1. The molecule has 1 aliphatic heterocycles. The molecule has 2 aliphatic rings. The lowest BCUT2D eigenvalue weighted by Gasteiger charge is -2.39. The van der Waals surface area contributed by atoms with Gasteiger partial charge in [-0.2, -0.15) is 4.99 Å². The van der Waals surface area contributed by atoms with E-state index in [1.54, 1.807) is 6.92 Å². The van der Waals surface area contributed by atoms with Gasteiger partial charge in [0.25, 0.3) is 5.91 Å². The van der Waals surface area contributed by atoms with Gasteiger partial charge in [-0.05, 0) is 69.0 Å². The summed E-state index contributed by atoms with van der Waals surface area (Å²) in [5, 5.41) is 3.60. The maximum atomic E-state index is 12.3. The molecule has 0 bridgehead atoms. The summed E-state index contributed by atoms with van der Waals surface area (Å²) in [6.45, 7) is 5.71. The molecule has 4 rings (SSSR count). The SMILES string of the molecule is CC(=O)N1c2ccc(C(N)=NC(=O)C3CC3)cc2C(Nc2ccc(C)cc2)CC1C. The molecule has 156 valence electrons. The van der Waals surface area contributed by atoms with E-state index in [0.29, 0.717) is 5.56 Å². The fraction of sp³-hybridized carbons (Fsp3) is 0.375. The Morgan fingerprint density at radius 3 is 2.47 bits per heavy atom. The van der Waals surface area contributed by atoms with Gasteiger partial charge in [-0.3, -0.25) is 9.59 Å². The average molecular weight is 405 g/mol. The topological polar surface area (TPSA) is 87.8 Å². The normalized spacial score (nSPS) is 21.2. The summed E-state index contributed by atoms with van der Waals surface area (Å²) in [6.07, 6.45) is 2.56. The van der Waals surface area contributed by atoms with E-state index in [9.17, 15) is 9.59 Å². The molecular weight excluding hydrogens is 376 g/mol. The molecule has 2 atom stereocenters. The molecular formula is C24H28N4O2. The number of benzene rings is 2. The second kappa shape index (κ2) is 7.94. The first kappa shape index (κ1) is 20.1. The van der Waals surface area contributed by atoms with Crippen LogP contribution in [0.2, 0.25) is 0 Å². The number of anilines is 2. The van der Waals surface area contributed by atoms with Crippen LogP contribution in [-0.4, -0.2) is 23.7 Å². The number of aliphatic imine (C=N–C) groups is 1. The number of nitrogens with two attached hydrogens (primary N) is 1. The molecule has 1 saturated carbocycles. The smallest absolute Gasteiger partial charge is 0.250 e. The Labute approximate surface area is 177 Å². The third-order valence-corrected chi connectivity index (χ3v) is 5.86. The van der Waals surface area contributed by atoms with E-state index < -0.39 is 0 Å². The van der Waals surface area contributed by atoms with Crippen molar-refractivity contribution in [1.29, 1.82) is 0 Å². The van der Waals surface area contributed by atoms with Crippen molar-refractivity contribution in [3.05, 3.63) is 59.2 Å². The quantitative estimate of drug-likeness (QED) is 0.597. The number of hydrogen-bond acceptors (Lipinski definition) is 3. The van der Waals surface area contributed by atoms with Gasteiger partial charge in [0.05, 0.1) is 6.04 Å². The van der Waals surface area contributed by atoms with Crippen molar-refractivity contribution >= 4 is 29.0 Å². The van der Waals surface area contributed by atoms with Crippen LogP contribution < -0.4 is 16.0 Å². The summed E-state index contributed by atoms with van der Waals surface area (Å²) >= 11 is 0. The van der Waals surface area contributed by atoms with E-state index in [4.69, 9.17) is 5.73 Å². The maximum Gasteiger partial charge on any atom is 0.250 e. The minimum absolute atomic E-state index is 0.0100. The molecule has 1 fully saturated rings. The Bertz CT molecular complexity index is 1010. The highest BCUT2D eigenvalue weighted by Crippen LogP contribution is 2.39. The fourth-order valence-corrected chi connectivity index (χ4v) is 4.10. The molecule has 2 unspecified atom stereocenters. The Morgan fingerprint density at radius 2 is 1.83 bits per heavy atom. The fourth-order valence-electron chi connectivity index (χ4n) is 4.10. The lowest BCUT2D eigenvalue weighted by atomic mass is 9.89. The van der Waals surface area contributed by atoms with Gasteiger partial charge in [-0.25, -0.2) is 0 Å². The summed E-state index contributed by atoms with van der Waals surface area (Å²) in [4.78, 5) is 30.3. The first-order chi connectivity index (χ1) is 14.3. The number of amides is 2. The molecule has 3 N–H and O–H groups in total. The maximum absolute atomic E-state index is 12.3. The van der Waals surface area contributed by atoms with Crippen LogP contribution in [0.1, 0.15) is 55.8 Å². The molecule has 30 heavy (non-hydrogen) atoms. The lowest BCUT2D eigenvalue weighted by molar-refractivity contribution is -0.119. The van der Waals surface area contributed by atoms with Gasteiger partial charge in [0.2, 0.25) is 5.91 Å². The van der Waals surface area contributed by atoms with Gasteiger partial charge in [0, 0.05) is 35.8 Å². The summed E-state index contributed by atoms with van der Waals surface area (Å²) in [5.41, 5.74) is 10.9. The summed E-state index contributed by atoms with van der Waals surface area (Å²) < 4.78 is 0. The summed E-state index contributed by atoms with van der Waals surface area (Å²) in [6, 6.07) is 14.1. The molecule has 2 amide bonds. The summed E-state index contributed by atoms with van der Waals surface area (Å²) in [5.74, 6) is 0.136. The number of fused-ring (bicyclic) bond motifs is 1. The van der Waals surface area contributed by atoms with Crippen molar-refractivity contribution in [1.82, 2.24) is 0 Å². The van der Waals surface area contributed by atoms with Crippen LogP contribution in [0, 0.1) is 12.8 Å². The molecule has 6 nitrogen and oxygen atoms in total. The first-order valence-corrected chi connectivity index (χ1v) is 10.5. The molecule has 0 saturated heterocycles. The molecule has 2 aromatic carbocycles. The second-order valence-electron chi connectivity index (χ2n) is 8.42. The van der Waals surface area contributed by atoms with Crippen molar-refractivity contribution in [2.45, 2.75) is 52.1 Å². The van der Waals surface area contributed by atoms with Gasteiger partial charge >= 0.3 is 0 Å². The summed E-state index contributed by atoms with van der Waals surface area (Å²) in [7, 11) is 0. The predicted molar refractivity (Wildman–Crippen MR) is 120 cm³/mol. The zero-order chi connectivity index (χ0) is 21.4. The number of nitrogens with one attached hydrogen (secondary N) is 1. The molecule has 0 spiro atoms. The zero-order valence-corrected chi connectivity index (χ0v) is 17.7. The van der Waals surface area contributed by atoms with Crippen LogP contribution >= 0.6 is 0 Å². The van der Waals surface area contributed by atoms with E-state index >= 15 is 0 Å². The van der Waals surface area contributed by atoms with Crippen LogP contribution in [0.5, 0.6) is 0 Å². The number of nitrogens with zero attached hydrogens (tertiary/aromatic N) is 2. The van der Waals surface area contributed by atoms with E-state index in [-0.39, 0.29) is 35.7 Å². The number of aryl methyl sites for hydroxylation is 1. The highest BCUT2D eigenvalue weighted by Gasteiger charge is 2.33. The van der Waals surface area contributed by atoms with E-state index in [1.807, 2.05) is 23.1 Å². The lowest BCUT2D eigenvalue weighted by Crippen LogP contribution is -2.43. The van der Waals surface area contributed by atoms with Gasteiger partial charge < -0.3 is 16.0 Å². The average Bonchev–Trinajstić information content (AvgIpc) is 3.54. The highest BCUT2D eigenvalue weighted by molar-refractivity contribution is 6.05. The minimum Gasteiger partial charge on any atom is -0.383 e. The molecule has 6 heteroatoms. The number of carbonyl (C=O) groups is 2. The molecule has 1 aliphatic carbocycles. The minimum atomic E-state index is -0.140. The van der Waals surface area contributed by atoms with Gasteiger partial charge in [0.1, 0.15) is 5.84 Å². The van der Waals surface area contributed by atoms with Crippen LogP contribution in [0.4, 0.5) is 11.4 Å². The Morgan fingerprint density at radius 1 is 1.13 bits per heavy atom. The Kier molecular flexibility index (Phi) is 5.33. The molecule has 1 heterocycles. The highest BCUT2D eigenvalue weighted by atomic mass is 16.2. The molecule has 2 aromatic rings. The number of hydrogen-bond donors (Lipinski definition) is 2. The third-order valence-electron chi connectivity index (χ3n) is 5.86. The van der Waals surface area contributed by atoms with Crippen molar-refractivity contribution in [3.8, 4) is 0 Å². The second-order valence-corrected chi connectivity index (χ2v) is 8.42. The van der Waals surface area contributed by atoms with E-state index in [2.05, 4.69) is 48.4 Å². The van der Waals surface area contributed by atoms with E-state index in [0.717, 1.165) is 36.2 Å². The number of carbonyl (C=O) groups excluding carboxylic acids is 2. The first-order valence-electron chi connectivity index (χ1n) is 10.5. The third kappa shape index (κ3) is 4.08. The predicted octanol–water partition coefficient (Wildman–Crippen LogP) is 3.94.